The van der Waals surface area contributed by atoms with E-state index >= 15 is 0 Å². The molecule has 2 aromatic heterocycles. The van der Waals surface area contributed by atoms with Crippen LogP contribution in [0.3, 0.4) is 0 Å². The van der Waals surface area contributed by atoms with E-state index in [9.17, 15) is 9.59 Å². The van der Waals surface area contributed by atoms with Gasteiger partial charge in [-0.2, -0.15) is 0 Å². The number of aromatic amines is 1. The summed E-state index contributed by atoms with van der Waals surface area (Å²) in [4.78, 5) is 30.4. The van der Waals surface area contributed by atoms with Crippen molar-refractivity contribution in [1.82, 2.24) is 15.3 Å². The normalized spacial score (nSPS) is 10.2. The zero-order valence-corrected chi connectivity index (χ0v) is 10.9. The molecular formula is C14H15N3O2. The third kappa shape index (κ3) is 3.07. The minimum atomic E-state index is -0.174. The first-order valence-corrected chi connectivity index (χ1v) is 5.96. The van der Waals surface area contributed by atoms with Gasteiger partial charge in [0.2, 0.25) is 5.91 Å². The van der Waals surface area contributed by atoms with Gasteiger partial charge in [-0.25, -0.2) is 0 Å². The first-order chi connectivity index (χ1) is 9.08. The highest BCUT2D eigenvalue weighted by Crippen LogP contribution is 2.16. The summed E-state index contributed by atoms with van der Waals surface area (Å²) in [5.74, 6) is -0.174. The number of H-pyrrole nitrogens is 1. The zero-order valence-electron chi connectivity index (χ0n) is 10.9. The fraction of sp³-hybridized carbons (Fsp3) is 0.214. The molecule has 2 rings (SSSR count). The molecule has 0 atom stereocenters. The molecule has 0 bridgehead atoms. The lowest BCUT2D eigenvalue weighted by atomic mass is 10.1. The molecule has 0 radical (unpaired) electrons. The molecule has 0 unspecified atom stereocenters. The number of nitrogens with one attached hydrogen (secondary N) is 2. The Kier molecular flexibility index (Phi) is 3.75. The minimum Gasteiger partial charge on any atom is -0.357 e. The molecule has 0 aliphatic carbocycles. The Morgan fingerprint density at radius 1 is 1.42 bits per heavy atom. The van der Waals surface area contributed by atoms with Crippen molar-refractivity contribution in [1.29, 1.82) is 0 Å². The largest absolute Gasteiger partial charge is 0.357 e. The fourth-order valence-electron chi connectivity index (χ4n) is 1.83. The van der Waals surface area contributed by atoms with Crippen LogP contribution < -0.4 is 10.7 Å². The monoisotopic (exact) mass is 257 g/mol. The smallest absolute Gasteiger partial charge is 0.217 e. The number of nitrogens with zero attached hydrogens (tertiary/aromatic N) is 1. The van der Waals surface area contributed by atoms with Crippen molar-refractivity contribution >= 4 is 5.91 Å². The molecule has 0 saturated heterocycles. The highest BCUT2D eigenvalue weighted by Gasteiger charge is 2.11. The Morgan fingerprint density at radius 2 is 2.21 bits per heavy atom. The number of aryl methyl sites for hydroxylation is 1. The number of carbonyl (C=O) groups is 1. The number of pyridine rings is 2. The minimum absolute atomic E-state index is 0.106. The molecule has 19 heavy (non-hydrogen) atoms. The number of amides is 1. The number of carbonyl (C=O) groups excluding carboxylic acids is 1. The molecule has 5 nitrogen and oxygen atoms in total. The maximum atomic E-state index is 12.0. The Labute approximate surface area is 110 Å². The van der Waals surface area contributed by atoms with E-state index in [0.717, 1.165) is 5.69 Å². The van der Waals surface area contributed by atoms with Crippen molar-refractivity contribution < 1.29 is 4.79 Å². The highest BCUT2D eigenvalue weighted by molar-refractivity contribution is 5.73. The summed E-state index contributed by atoms with van der Waals surface area (Å²) >= 11 is 0. The maximum Gasteiger partial charge on any atom is 0.217 e. The molecule has 5 heteroatoms. The molecule has 2 aromatic rings. The van der Waals surface area contributed by atoms with Crippen LogP contribution >= 0.6 is 0 Å². The summed E-state index contributed by atoms with van der Waals surface area (Å²) in [6.45, 7) is 3.43. The second-order valence-corrected chi connectivity index (χ2v) is 4.29. The van der Waals surface area contributed by atoms with Gasteiger partial charge in [-0.1, -0.05) is 6.07 Å². The first-order valence-electron chi connectivity index (χ1n) is 5.96. The van der Waals surface area contributed by atoms with E-state index in [2.05, 4.69) is 15.3 Å². The Bertz CT molecular complexity index is 647. The van der Waals surface area contributed by atoms with Gasteiger partial charge < -0.3 is 10.3 Å². The summed E-state index contributed by atoms with van der Waals surface area (Å²) in [5, 5.41) is 2.65. The van der Waals surface area contributed by atoms with Crippen LogP contribution in [0.15, 0.2) is 35.3 Å². The highest BCUT2D eigenvalue weighted by atomic mass is 16.1. The Balaban J connectivity index is 2.52. The molecule has 0 fully saturated rings. The average molecular weight is 257 g/mol. The van der Waals surface area contributed by atoms with Gasteiger partial charge in [0.1, 0.15) is 0 Å². The maximum absolute atomic E-state index is 12.0. The van der Waals surface area contributed by atoms with E-state index in [1.54, 1.807) is 6.20 Å². The SMILES string of the molecule is CC(=O)NCc1c(-c2ccccn2)[nH]c(C)cc1=O. The standard InChI is InChI=1S/C14H15N3O2/c1-9-7-13(19)11(8-16-10(2)18)14(17-9)12-5-3-4-6-15-12/h3-7H,8H2,1-2H3,(H,16,18)(H,17,19). The van der Waals surface area contributed by atoms with E-state index in [4.69, 9.17) is 0 Å². The Hall–Kier alpha value is -2.43. The lowest BCUT2D eigenvalue weighted by Crippen LogP contribution is -2.24. The second kappa shape index (κ2) is 5.48. The first kappa shape index (κ1) is 13.0. The Morgan fingerprint density at radius 3 is 2.84 bits per heavy atom. The predicted octanol–water partition coefficient (Wildman–Crippen LogP) is 1.38. The number of aromatic nitrogens is 2. The summed E-state index contributed by atoms with van der Waals surface area (Å²) in [6, 6.07) is 7.00. The average Bonchev–Trinajstić information content (AvgIpc) is 2.37. The lowest BCUT2D eigenvalue weighted by molar-refractivity contribution is -0.119. The summed E-state index contributed by atoms with van der Waals surface area (Å²) in [5.41, 5.74) is 2.50. The molecule has 0 aliphatic rings. The summed E-state index contributed by atoms with van der Waals surface area (Å²) in [7, 11) is 0. The molecule has 2 N–H and O–H groups in total. The van der Waals surface area contributed by atoms with E-state index in [1.165, 1.54) is 13.0 Å². The van der Waals surface area contributed by atoms with Gasteiger partial charge in [-0.3, -0.25) is 14.6 Å². The van der Waals surface area contributed by atoms with E-state index in [0.29, 0.717) is 17.0 Å². The van der Waals surface area contributed by atoms with E-state index in [1.807, 2.05) is 25.1 Å². The molecule has 98 valence electrons. The topological polar surface area (TPSA) is 74.8 Å². The third-order valence-electron chi connectivity index (χ3n) is 2.70. The van der Waals surface area contributed by atoms with E-state index in [-0.39, 0.29) is 17.9 Å². The van der Waals surface area contributed by atoms with Gasteiger partial charge in [0.05, 0.1) is 11.4 Å². The van der Waals surface area contributed by atoms with Crippen LogP contribution in [-0.4, -0.2) is 15.9 Å². The van der Waals surface area contributed by atoms with E-state index < -0.39 is 0 Å². The molecule has 0 aromatic carbocycles. The van der Waals surface area contributed by atoms with Crippen molar-refractivity contribution in [2.24, 2.45) is 0 Å². The fourth-order valence-corrected chi connectivity index (χ4v) is 1.83. The molecule has 0 saturated carbocycles. The summed E-state index contributed by atoms with van der Waals surface area (Å²) < 4.78 is 0. The predicted molar refractivity (Wildman–Crippen MR) is 72.6 cm³/mol. The van der Waals surface area contributed by atoms with Crippen LogP contribution in [0.5, 0.6) is 0 Å². The number of hydrogen-bond acceptors (Lipinski definition) is 3. The van der Waals surface area contributed by atoms with Crippen molar-refractivity contribution in [3.63, 3.8) is 0 Å². The zero-order chi connectivity index (χ0) is 13.8. The van der Waals surface area contributed by atoms with Gasteiger partial charge in [0, 0.05) is 37.0 Å². The van der Waals surface area contributed by atoms with Crippen LogP contribution in [0.25, 0.3) is 11.4 Å². The van der Waals surface area contributed by atoms with Crippen molar-refractivity contribution in [2.75, 3.05) is 0 Å². The van der Waals surface area contributed by atoms with Gasteiger partial charge in [-0.15, -0.1) is 0 Å². The molecule has 1 amide bonds. The van der Waals surface area contributed by atoms with Crippen molar-refractivity contribution in [3.05, 3.63) is 51.9 Å². The molecule has 0 aliphatic heterocycles. The van der Waals surface area contributed by atoms with Crippen LogP contribution in [0.2, 0.25) is 0 Å². The van der Waals surface area contributed by atoms with Crippen molar-refractivity contribution in [3.8, 4) is 11.4 Å². The number of hydrogen-bond donors (Lipinski definition) is 2. The van der Waals surface area contributed by atoms with Crippen LogP contribution in [0, 0.1) is 6.92 Å². The molecular weight excluding hydrogens is 242 g/mol. The summed E-state index contributed by atoms with van der Waals surface area (Å²) in [6.07, 6.45) is 1.66. The second-order valence-electron chi connectivity index (χ2n) is 4.29. The van der Waals surface area contributed by atoms with Gasteiger partial charge >= 0.3 is 0 Å². The lowest BCUT2D eigenvalue weighted by Gasteiger charge is -2.10. The molecule has 0 spiro atoms. The number of rotatable bonds is 3. The van der Waals surface area contributed by atoms with Gasteiger partial charge in [0.25, 0.3) is 0 Å². The van der Waals surface area contributed by atoms with Gasteiger partial charge in [-0.05, 0) is 19.1 Å². The molecule has 2 heterocycles. The van der Waals surface area contributed by atoms with Gasteiger partial charge in [0.15, 0.2) is 5.43 Å². The van der Waals surface area contributed by atoms with Crippen LogP contribution in [0.1, 0.15) is 18.2 Å². The quantitative estimate of drug-likeness (QED) is 0.872. The van der Waals surface area contributed by atoms with Crippen LogP contribution in [0.4, 0.5) is 0 Å². The third-order valence-corrected chi connectivity index (χ3v) is 2.70. The van der Waals surface area contributed by atoms with Crippen molar-refractivity contribution in [2.45, 2.75) is 20.4 Å². The van der Waals surface area contributed by atoms with Crippen LogP contribution in [-0.2, 0) is 11.3 Å².